The van der Waals surface area contributed by atoms with E-state index in [4.69, 9.17) is 28.9 Å². The molecule has 0 atom stereocenters. The first-order chi connectivity index (χ1) is 9.23. The fourth-order valence-corrected chi connectivity index (χ4v) is 4.03. The van der Waals surface area contributed by atoms with Crippen LogP contribution in [0.5, 0.6) is 0 Å². The summed E-state index contributed by atoms with van der Waals surface area (Å²) in [5.41, 5.74) is 4.75. The molecule has 1 aliphatic rings. The van der Waals surface area contributed by atoms with Crippen LogP contribution in [0.3, 0.4) is 0 Å². The number of nitrogens with two attached hydrogens (primary N) is 1. The molecule has 20 heavy (non-hydrogen) atoms. The Morgan fingerprint density at radius 1 is 1.25 bits per heavy atom. The molecule has 0 aromatic heterocycles. The third-order valence-corrected chi connectivity index (χ3v) is 5.49. The van der Waals surface area contributed by atoms with Gasteiger partial charge in [-0.15, -0.1) is 0 Å². The highest BCUT2D eigenvalue weighted by Gasteiger charge is 2.32. The van der Waals surface area contributed by atoms with E-state index >= 15 is 0 Å². The number of anilines is 1. The predicted octanol–water partition coefficient (Wildman–Crippen LogP) is 2.16. The van der Waals surface area contributed by atoms with Gasteiger partial charge in [-0.3, -0.25) is 0 Å². The summed E-state index contributed by atoms with van der Waals surface area (Å²) in [5.74, 6) is 0. The van der Waals surface area contributed by atoms with E-state index in [9.17, 15) is 13.5 Å². The number of aliphatic hydroxyl groups is 1. The summed E-state index contributed by atoms with van der Waals surface area (Å²) in [4.78, 5) is -0.0664. The second kappa shape index (κ2) is 5.69. The van der Waals surface area contributed by atoms with Crippen molar-refractivity contribution < 1.29 is 13.5 Å². The number of hydrogen-bond donors (Lipinski definition) is 3. The van der Waals surface area contributed by atoms with E-state index in [0.29, 0.717) is 12.8 Å². The van der Waals surface area contributed by atoms with E-state index in [1.807, 2.05) is 0 Å². The zero-order valence-corrected chi connectivity index (χ0v) is 13.0. The van der Waals surface area contributed by atoms with Crippen molar-refractivity contribution in [1.82, 2.24) is 4.72 Å². The molecular weight excluding hydrogens is 323 g/mol. The molecule has 0 radical (unpaired) electrons. The van der Waals surface area contributed by atoms with Gasteiger partial charge in [0.2, 0.25) is 10.0 Å². The van der Waals surface area contributed by atoms with Gasteiger partial charge in [-0.25, -0.2) is 13.1 Å². The van der Waals surface area contributed by atoms with Crippen molar-refractivity contribution >= 4 is 38.9 Å². The Morgan fingerprint density at radius 2 is 1.75 bits per heavy atom. The Balaban J connectivity index is 2.18. The quantitative estimate of drug-likeness (QED) is 0.733. The van der Waals surface area contributed by atoms with Crippen LogP contribution in [-0.4, -0.2) is 25.7 Å². The molecule has 0 heterocycles. The molecule has 4 N–H and O–H groups in total. The largest absolute Gasteiger partial charge is 0.396 e. The summed E-state index contributed by atoms with van der Waals surface area (Å²) in [6.07, 6.45) is 2.99. The zero-order valence-electron chi connectivity index (χ0n) is 10.7. The van der Waals surface area contributed by atoms with Gasteiger partial charge < -0.3 is 10.8 Å². The highest BCUT2D eigenvalue weighted by molar-refractivity contribution is 7.89. The van der Waals surface area contributed by atoms with Crippen LogP contribution in [-0.2, 0) is 10.0 Å². The summed E-state index contributed by atoms with van der Waals surface area (Å²) in [6.45, 7) is -0.0189. The van der Waals surface area contributed by atoms with Gasteiger partial charge in [-0.1, -0.05) is 36.0 Å². The van der Waals surface area contributed by atoms with Crippen LogP contribution in [0.25, 0.3) is 0 Å². The Labute approximate surface area is 128 Å². The molecule has 0 unspecified atom stereocenters. The highest BCUT2D eigenvalue weighted by atomic mass is 35.5. The van der Waals surface area contributed by atoms with E-state index in [1.54, 1.807) is 0 Å². The molecule has 1 aromatic carbocycles. The van der Waals surface area contributed by atoms with Gasteiger partial charge in [0.15, 0.2) is 0 Å². The van der Waals surface area contributed by atoms with Crippen LogP contribution in [0, 0.1) is 0 Å². The van der Waals surface area contributed by atoms with Crippen LogP contribution in [0.2, 0.25) is 10.0 Å². The molecule has 0 aliphatic heterocycles. The van der Waals surface area contributed by atoms with Crippen LogP contribution < -0.4 is 10.5 Å². The molecule has 1 saturated carbocycles. The van der Waals surface area contributed by atoms with E-state index in [2.05, 4.69) is 4.72 Å². The summed E-state index contributed by atoms with van der Waals surface area (Å²) >= 11 is 11.7. The van der Waals surface area contributed by atoms with Gasteiger partial charge in [-0.05, 0) is 25.0 Å². The number of nitrogens with one attached hydrogen (secondary N) is 1. The second-order valence-electron chi connectivity index (χ2n) is 5.06. The number of benzene rings is 1. The summed E-state index contributed by atoms with van der Waals surface area (Å²) in [5, 5.41) is 10.3. The normalized spacial score (nSPS) is 18.4. The van der Waals surface area contributed by atoms with Crippen molar-refractivity contribution in [3.63, 3.8) is 0 Å². The monoisotopic (exact) mass is 338 g/mol. The molecule has 0 bridgehead atoms. The second-order valence-corrected chi connectivity index (χ2v) is 7.64. The van der Waals surface area contributed by atoms with Crippen LogP contribution >= 0.6 is 23.2 Å². The number of rotatable bonds is 4. The SMILES string of the molecule is Nc1c(Cl)cc(S(=O)(=O)NCC2(O)CCCC2)cc1Cl. The summed E-state index contributed by atoms with van der Waals surface area (Å²) < 4.78 is 26.7. The minimum absolute atomic E-state index is 0.0189. The van der Waals surface area contributed by atoms with Crippen molar-refractivity contribution in [3.05, 3.63) is 22.2 Å². The molecule has 2 rings (SSSR count). The van der Waals surface area contributed by atoms with Crippen molar-refractivity contribution in [1.29, 1.82) is 0 Å². The first-order valence-electron chi connectivity index (χ1n) is 6.20. The van der Waals surface area contributed by atoms with Gasteiger partial charge in [-0.2, -0.15) is 0 Å². The Hall–Kier alpha value is -0.530. The molecule has 1 aromatic rings. The molecule has 1 aliphatic carbocycles. The van der Waals surface area contributed by atoms with Crippen molar-refractivity contribution in [2.45, 2.75) is 36.2 Å². The number of nitrogen functional groups attached to an aromatic ring is 1. The fraction of sp³-hybridized carbons (Fsp3) is 0.500. The van der Waals surface area contributed by atoms with E-state index in [-0.39, 0.29) is 27.2 Å². The summed E-state index contributed by atoms with van der Waals surface area (Å²) in [7, 11) is -3.78. The van der Waals surface area contributed by atoms with E-state index < -0.39 is 15.6 Å². The maximum Gasteiger partial charge on any atom is 0.240 e. The molecule has 8 heteroatoms. The first-order valence-corrected chi connectivity index (χ1v) is 8.44. The highest BCUT2D eigenvalue weighted by Crippen LogP contribution is 2.32. The van der Waals surface area contributed by atoms with Crippen LogP contribution in [0.4, 0.5) is 5.69 Å². The van der Waals surface area contributed by atoms with Crippen molar-refractivity contribution in [2.24, 2.45) is 0 Å². The third kappa shape index (κ3) is 3.38. The maximum atomic E-state index is 12.2. The van der Waals surface area contributed by atoms with Gasteiger partial charge in [0.1, 0.15) is 0 Å². The lowest BCUT2D eigenvalue weighted by atomic mass is 10.0. The molecule has 0 spiro atoms. The van der Waals surface area contributed by atoms with Crippen LogP contribution in [0.15, 0.2) is 17.0 Å². The molecule has 0 saturated heterocycles. The summed E-state index contributed by atoms with van der Waals surface area (Å²) in [6, 6.07) is 2.48. The number of hydrogen-bond acceptors (Lipinski definition) is 4. The fourth-order valence-electron chi connectivity index (χ4n) is 2.24. The van der Waals surface area contributed by atoms with Crippen molar-refractivity contribution in [3.8, 4) is 0 Å². The Bertz CT molecular complexity index is 590. The third-order valence-electron chi connectivity index (χ3n) is 3.49. The average Bonchev–Trinajstić information content (AvgIpc) is 2.81. The lowest BCUT2D eigenvalue weighted by Gasteiger charge is -2.22. The van der Waals surface area contributed by atoms with Gasteiger partial charge in [0.25, 0.3) is 0 Å². The van der Waals surface area contributed by atoms with Gasteiger partial charge >= 0.3 is 0 Å². The van der Waals surface area contributed by atoms with E-state index in [1.165, 1.54) is 12.1 Å². The lowest BCUT2D eigenvalue weighted by Crippen LogP contribution is -2.40. The molecule has 112 valence electrons. The minimum atomic E-state index is -3.78. The molecule has 5 nitrogen and oxygen atoms in total. The molecular formula is C12H16Cl2N2O3S. The maximum absolute atomic E-state index is 12.2. The Morgan fingerprint density at radius 3 is 2.25 bits per heavy atom. The smallest absolute Gasteiger partial charge is 0.240 e. The standard InChI is InChI=1S/C12H16Cl2N2O3S/c13-9-5-8(6-10(14)11(9)15)20(18,19)16-7-12(17)3-1-2-4-12/h5-6,16-17H,1-4,7,15H2. The van der Waals surface area contributed by atoms with Gasteiger partial charge in [0.05, 0.1) is 26.2 Å². The zero-order chi connectivity index (χ0) is 15.0. The average molecular weight is 339 g/mol. The minimum Gasteiger partial charge on any atom is -0.396 e. The molecule has 1 fully saturated rings. The van der Waals surface area contributed by atoms with Crippen molar-refractivity contribution in [2.75, 3.05) is 12.3 Å². The number of halogens is 2. The van der Waals surface area contributed by atoms with Gasteiger partial charge in [0, 0.05) is 6.54 Å². The van der Waals surface area contributed by atoms with E-state index in [0.717, 1.165) is 12.8 Å². The van der Waals surface area contributed by atoms with Crippen LogP contribution in [0.1, 0.15) is 25.7 Å². The predicted molar refractivity (Wildman–Crippen MR) is 79.5 cm³/mol. The number of sulfonamides is 1. The Kier molecular flexibility index (Phi) is 4.51. The topological polar surface area (TPSA) is 92.4 Å². The lowest BCUT2D eigenvalue weighted by molar-refractivity contribution is 0.0532. The first kappa shape index (κ1) is 15.9. The molecule has 0 amide bonds.